The van der Waals surface area contributed by atoms with E-state index in [9.17, 15) is 0 Å². The zero-order valence-electron chi connectivity index (χ0n) is 5.29. The van der Waals surface area contributed by atoms with Crippen LogP contribution in [0, 0.1) is 5.41 Å². The van der Waals surface area contributed by atoms with Gasteiger partial charge in [0.1, 0.15) is 6.40 Å². The average molecular weight is 127 g/mol. The molecule has 0 amide bonds. The molecule has 0 atom stereocenters. The normalized spacial score (nSPS) is 8.22. The van der Waals surface area contributed by atoms with E-state index in [1.54, 1.807) is 6.82 Å². The van der Waals surface area contributed by atoms with Gasteiger partial charge >= 0.3 is 14.5 Å². The van der Waals surface area contributed by atoms with Gasteiger partial charge in [-0.15, -0.1) is 0 Å². The van der Waals surface area contributed by atoms with Crippen LogP contribution in [0.1, 0.15) is 0 Å². The molecule has 0 heterocycles. The van der Waals surface area contributed by atoms with Crippen LogP contribution in [0.3, 0.4) is 0 Å². The van der Waals surface area contributed by atoms with Gasteiger partial charge in [0.05, 0.1) is 0 Å². The summed E-state index contributed by atoms with van der Waals surface area (Å²) in [6, 6.07) is 0. The zero-order valence-corrected chi connectivity index (χ0v) is 5.29. The molecule has 3 N–H and O–H groups in total. The zero-order chi connectivity index (χ0) is 7.11. The molecule has 0 aromatic carbocycles. The monoisotopic (exact) mass is 127 g/mol. The van der Waals surface area contributed by atoms with Gasteiger partial charge in [-0.25, -0.2) is 0 Å². The summed E-state index contributed by atoms with van der Waals surface area (Å²) in [5.41, 5.74) is 0. The summed E-state index contributed by atoms with van der Waals surface area (Å²) in [4.78, 5) is 0. The van der Waals surface area contributed by atoms with Gasteiger partial charge in [-0.2, -0.15) is 0 Å². The highest BCUT2D eigenvalue weighted by Gasteiger charge is 2.00. The van der Waals surface area contributed by atoms with Crippen molar-refractivity contribution in [3.63, 3.8) is 0 Å². The Bertz CT molecular complexity index is 80.2. The van der Waals surface area contributed by atoms with Crippen LogP contribution in [-0.4, -0.2) is 32.4 Å². The summed E-state index contributed by atoms with van der Waals surface area (Å²) >= 11 is 0. The maximum absolute atomic E-state index is 8.61. The van der Waals surface area contributed by atoms with E-state index in [4.69, 9.17) is 10.4 Å². The lowest BCUT2D eigenvalue weighted by Crippen LogP contribution is -2.34. The Balaban J connectivity index is 2.82. The highest BCUT2D eigenvalue weighted by Crippen LogP contribution is 1.64. The smallest absolute Gasteiger partial charge is 0.384 e. The molecule has 0 aliphatic heterocycles. The highest BCUT2D eigenvalue weighted by atomic mass is 16.4. The fourth-order valence-electron chi connectivity index (χ4n) is 0.315. The summed E-state index contributed by atoms with van der Waals surface area (Å²) in [5.74, 6) is 0. The van der Waals surface area contributed by atoms with Crippen molar-refractivity contribution < 1.29 is 9.68 Å². The minimum atomic E-state index is -0.532. The first-order valence-corrected chi connectivity index (χ1v) is 2.65. The third-order valence-corrected chi connectivity index (χ3v) is 0.661. The van der Waals surface area contributed by atoms with Crippen molar-refractivity contribution in [3.05, 3.63) is 0 Å². The van der Waals surface area contributed by atoms with E-state index in [0.717, 1.165) is 6.40 Å². The predicted molar refractivity (Wildman–Crippen MR) is 37.5 cm³/mol. The van der Waals surface area contributed by atoms with Crippen molar-refractivity contribution in [2.75, 3.05) is 6.44 Å². The topological polar surface area (TPSA) is 65.3 Å². The van der Waals surface area contributed by atoms with Gasteiger partial charge in [0.2, 0.25) is 0 Å². The quantitative estimate of drug-likeness (QED) is 0.190. The molecule has 0 aromatic rings. The molecule has 0 bridgehead atoms. The first-order valence-electron chi connectivity index (χ1n) is 2.65. The van der Waals surface area contributed by atoms with Gasteiger partial charge in [-0.05, 0) is 6.82 Å². The van der Waals surface area contributed by atoms with Gasteiger partial charge in [0.25, 0.3) is 0 Å². The lowest BCUT2D eigenvalue weighted by Gasteiger charge is -1.99. The molecule has 49 valence electrons. The number of hydrogen-bond acceptors (Lipinski definition) is 4. The minimum Gasteiger partial charge on any atom is -0.554 e. The van der Waals surface area contributed by atoms with Crippen LogP contribution in [0.2, 0.25) is 6.82 Å². The summed E-state index contributed by atoms with van der Waals surface area (Å²) in [6.45, 7) is 1.61. The van der Waals surface area contributed by atoms with Crippen molar-refractivity contribution in [3.8, 4) is 0 Å². The van der Waals surface area contributed by atoms with E-state index >= 15 is 0 Å². The second kappa shape index (κ2) is 5.65. The maximum Gasteiger partial charge on any atom is 0.384 e. The van der Waals surface area contributed by atoms with Crippen LogP contribution in [0.4, 0.5) is 0 Å². The number of hydrogen-bond donors (Lipinski definition) is 3. The third-order valence-electron chi connectivity index (χ3n) is 0.661. The molecule has 0 aliphatic carbocycles. The third kappa shape index (κ3) is 7.52. The first kappa shape index (κ1) is 8.52. The fraction of sp³-hybridized carbons (Fsp3) is 0.667. The van der Waals surface area contributed by atoms with E-state index in [2.05, 4.69) is 9.88 Å². The van der Waals surface area contributed by atoms with Gasteiger partial charge < -0.3 is 14.9 Å². The summed E-state index contributed by atoms with van der Waals surface area (Å²) in [7, 11) is 0.857. The molecule has 0 aliphatic rings. The molecule has 0 spiro atoms. The Labute approximate surface area is 55.5 Å². The van der Waals surface area contributed by atoms with Crippen LogP contribution in [0.15, 0.2) is 0 Å². The fourth-order valence-corrected chi connectivity index (χ4v) is 0.315. The van der Waals surface area contributed by atoms with Crippen molar-refractivity contribution in [1.82, 2.24) is 5.23 Å². The van der Waals surface area contributed by atoms with Crippen LogP contribution >= 0.6 is 0 Å². The van der Waals surface area contributed by atoms with Gasteiger partial charge in [-0.3, -0.25) is 5.41 Å². The molecule has 9 heavy (non-hydrogen) atoms. The SMILES string of the molecule is CB(O)NC[B]OC=N. The van der Waals surface area contributed by atoms with Crippen molar-refractivity contribution in [1.29, 1.82) is 5.41 Å². The summed E-state index contributed by atoms with van der Waals surface area (Å²) < 4.78 is 4.43. The minimum absolute atomic E-state index is 0.438. The molecule has 0 fully saturated rings. The molecule has 4 nitrogen and oxygen atoms in total. The molecule has 0 aromatic heterocycles. The van der Waals surface area contributed by atoms with E-state index in [0.29, 0.717) is 6.44 Å². The molecule has 6 heteroatoms. The lowest BCUT2D eigenvalue weighted by molar-refractivity contribution is 0.555. The van der Waals surface area contributed by atoms with Gasteiger partial charge in [0, 0.05) is 6.44 Å². The van der Waals surface area contributed by atoms with Crippen LogP contribution in [0.25, 0.3) is 0 Å². The first-order chi connectivity index (χ1) is 4.27. The van der Waals surface area contributed by atoms with Crippen LogP contribution in [-0.2, 0) is 4.65 Å². The predicted octanol–water partition coefficient (Wildman–Crippen LogP) is -1.11. The second-order valence-corrected chi connectivity index (χ2v) is 1.50. The number of rotatable bonds is 5. The largest absolute Gasteiger partial charge is 0.554 e. The Hall–Kier alpha value is -0.480. The summed E-state index contributed by atoms with van der Waals surface area (Å²) in [6.07, 6.45) is 1.26. The number of nitrogens with one attached hydrogen (secondary N) is 2. The highest BCUT2D eigenvalue weighted by molar-refractivity contribution is 6.47. The Kier molecular flexibility index (Phi) is 5.35. The molecular formula is C3H9B2N2O2. The van der Waals surface area contributed by atoms with E-state index in [1.807, 2.05) is 0 Å². The maximum atomic E-state index is 8.61. The standard InChI is InChI=1S/C3H9B2N2O2/c1-5(8)7-2-4-9-3-6/h3,6-8H,2H2,1H3. The molecule has 0 rings (SSSR count). The Morgan fingerprint density at radius 1 is 2.00 bits per heavy atom. The molecule has 1 radical (unpaired) electrons. The van der Waals surface area contributed by atoms with E-state index < -0.39 is 7.05 Å². The Morgan fingerprint density at radius 3 is 3.11 bits per heavy atom. The van der Waals surface area contributed by atoms with Crippen molar-refractivity contribution in [2.45, 2.75) is 6.82 Å². The molecule has 0 saturated carbocycles. The van der Waals surface area contributed by atoms with Crippen molar-refractivity contribution in [2.24, 2.45) is 0 Å². The van der Waals surface area contributed by atoms with Gasteiger partial charge in [0.15, 0.2) is 0 Å². The molecular weight excluding hydrogens is 118 g/mol. The molecule has 0 saturated heterocycles. The second-order valence-electron chi connectivity index (χ2n) is 1.50. The van der Waals surface area contributed by atoms with Crippen LogP contribution < -0.4 is 5.23 Å². The van der Waals surface area contributed by atoms with E-state index in [1.165, 1.54) is 7.48 Å². The lowest BCUT2D eigenvalue weighted by atomic mass is 9.85. The average Bonchev–Trinajstić information content (AvgIpc) is 1.80. The van der Waals surface area contributed by atoms with E-state index in [-0.39, 0.29) is 0 Å². The van der Waals surface area contributed by atoms with Gasteiger partial charge in [-0.1, -0.05) is 0 Å². The van der Waals surface area contributed by atoms with Crippen LogP contribution in [0.5, 0.6) is 0 Å². The summed E-state index contributed by atoms with van der Waals surface area (Å²) in [5, 5.41) is 17.7. The molecule has 0 unspecified atom stereocenters. The van der Waals surface area contributed by atoms with Crippen molar-refractivity contribution >= 4 is 20.9 Å². The Morgan fingerprint density at radius 2 is 2.67 bits per heavy atom.